The Balaban J connectivity index is 2.02. The minimum Gasteiger partial charge on any atom is -0.459 e. The molecule has 3 heteroatoms. The third kappa shape index (κ3) is 2.51. The van der Waals surface area contributed by atoms with E-state index in [1.807, 2.05) is 18.2 Å². The summed E-state index contributed by atoms with van der Waals surface area (Å²) in [4.78, 5) is 1.35. The van der Waals surface area contributed by atoms with Crippen molar-refractivity contribution in [1.29, 1.82) is 0 Å². The monoisotopic (exact) mass is 285 g/mol. The molecule has 20 heavy (non-hydrogen) atoms. The van der Waals surface area contributed by atoms with Crippen LogP contribution in [0.4, 0.5) is 0 Å². The van der Waals surface area contributed by atoms with Gasteiger partial charge in [-0.05, 0) is 49.0 Å². The highest BCUT2D eigenvalue weighted by atomic mass is 32.1. The molecule has 3 rings (SSSR count). The number of rotatable bonds is 5. The lowest BCUT2D eigenvalue weighted by atomic mass is 10.1. The molecule has 104 valence electrons. The van der Waals surface area contributed by atoms with Crippen molar-refractivity contribution in [3.8, 4) is 0 Å². The van der Waals surface area contributed by atoms with Gasteiger partial charge in [0.1, 0.15) is 11.3 Å². The molecular weight excluding hydrogens is 266 g/mol. The molecule has 2 nitrogen and oxygen atoms in total. The molecule has 1 N–H and O–H groups in total. The zero-order valence-electron chi connectivity index (χ0n) is 11.8. The Morgan fingerprint density at radius 3 is 2.80 bits per heavy atom. The standard InChI is InChI=1S/C17H19NOS/c1-3-9-18-17(14-8-10-20-12(14)2)16-11-13-6-4-5-7-15(13)19-16/h4-8,10-11,17-18H,3,9H2,1-2H3. The van der Waals surface area contributed by atoms with Crippen molar-refractivity contribution in [2.75, 3.05) is 6.54 Å². The summed E-state index contributed by atoms with van der Waals surface area (Å²) in [5.74, 6) is 1.00. The SMILES string of the molecule is CCCNC(c1cc2ccccc2o1)c1ccsc1C. The van der Waals surface area contributed by atoms with Crippen LogP contribution in [0, 0.1) is 6.92 Å². The maximum atomic E-state index is 6.05. The normalized spacial score (nSPS) is 12.9. The molecule has 0 spiro atoms. The summed E-state index contributed by atoms with van der Waals surface area (Å²) in [5, 5.41) is 6.92. The Morgan fingerprint density at radius 1 is 1.25 bits per heavy atom. The molecule has 0 bridgehead atoms. The van der Waals surface area contributed by atoms with Gasteiger partial charge >= 0.3 is 0 Å². The van der Waals surface area contributed by atoms with Gasteiger partial charge in [0.05, 0.1) is 6.04 Å². The molecule has 0 aliphatic carbocycles. The average molecular weight is 285 g/mol. The van der Waals surface area contributed by atoms with Crippen LogP contribution in [0.2, 0.25) is 0 Å². The van der Waals surface area contributed by atoms with Crippen molar-refractivity contribution >= 4 is 22.3 Å². The van der Waals surface area contributed by atoms with E-state index < -0.39 is 0 Å². The Labute approximate surface area is 123 Å². The number of para-hydroxylation sites is 1. The van der Waals surface area contributed by atoms with Crippen LogP contribution in [0.3, 0.4) is 0 Å². The van der Waals surface area contributed by atoms with Gasteiger partial charge in [-0.15, -0.1) is 11.3 Å². The van der Waals surface area contributed by atoms with Gasteiger partial charge in [0.15, 0.2) is 0 Å². The van der Waals surface area contributed by atoms with Crippen LogP contribution in [-0.4, -0.2) is 6.54 Å². The average Bonchev–Trinajstić information content (AvgIpc) is 3.06. The topological polar surface area (TPSA) is 25.2 Å². The van der Waals surface area contributed by atoms with E-state index in [0.29, 0.717) is 0 Å². The van der Waals surface area contributed by atoms with E-state index >= 15 is 0 Å². The van der Waals surface area contributed by atoms with Crippen LogP contribution in [0.1, 0.15) is 35.6 Å². The third-order valence-electron chi connectivity index (χ3n) is 3.54. The molecule has 0 amide bonds. The summed E-state index contributed by atoms with van der Waals surface area (Å²) in [6.45, 7) is 5.34. The van der Waals surface area contributed by atoms with Crippen molar-refractivity contribution in [2.45, 2.75) is 26.3 Å². The van der Waals surface area contributed by atoms with Gasteiger partial charge in [0, 0.05) is 10.3 Å². The fraction of sp³-hybridized carbons (Fsp3) is 0.294. The van der Waals surface area contributed by atoms with E-state index in [1.54, 1.807) is 11.3 Å². The maximum Gasteiger partial charge on any atom is 0.134 e. The summed E-state index contributed by atoms with van der Waals surface area (Å²) in [7, 11) is 0. The quantitative estimate of drug-likeness (QED) is 0.722. The molecule has 2 heterocycles. The Kier molecular flexibility index (Phi) is 3.90. The van der Waals surface area contributed by atoms with Crippen molar-refractivity contribution in [3.05, 3.63) is 58.0 Å². The van der Waals surface area contributed by atoms with Gasteiger partial charge in [-0.25, -0.2) is 0 Å². The summed E-state index contributed by atoms with van der Waals surface area (Å²) < 4.78 is 6.05. The van der Waals surface area contributed by atoms with Crippen LogP contribution in [0.5, 0.6) is 0 Å². The molecule has 1 atom stereocenters. The lowest BCUT2D eigenvalue weighted by molar-refractivity contribution is 0.469. The molecule has 0 saturated heterocycles. The highest BCUT2D eigenvalue weighted by Crippen LogP contribution is 2.31. The van der Waals surface area contributed by atoms with E-state index in [-0.39, 0.29) is 6.04 Å². The molecule has 2 aromatic heterocycles. The first-order valence-electron chi connectivity index (χ1n) is 7.05. The number of nitrogens with one attached hydrogen (secondary N) is 1. The van der Waals surface area contributed by atoms with Crippen LogP contribution in [-0.2, 0) is 0 Å². The number of hydrogen-bond donors (Lipinski definition) is 1. The smallest absolute Gasteiger partial charge is 0.134 e. The zero-order valence-corrected chi connectivity index (χ0v) is 12.7. The predicted molar refractivity (Wildman–Crippen MR) is 85.4 cm³/mol. The number of thiophene rings is 1. The molecule has 0 aliphatic heterocycles. The third-order valence-corrected chi connectivity index (χ3v) is 4.40. The van der Waals surface area contributed by atoms with Crippen LogP contribution in [0.25, 0.3) is 11.0 Å². The zero-order chi connectivity index (χ0) is 13.9. The number of benzene rings is 1. The Hall–Kier alpha value is -1.58. The fourth-order valence-electron chi connectivity index (χ4n) is 2.49. The summed E-state index contributed by atoms with van der Waals surface area (Å²) in [5.41, 5.74) is 2.28. The predicted octanol–water partition coefficient (Wildman–Crippen LogP) is 4.89. The lowest BCUT2D eigenvalue weighted by Crippen LogP contribution is -2.22. The second-order valence-electron chi connectivity index (χ2n) is 5.01. The Morgan fingerprint density at radius 2 is 2.10 bits per heavy atom. The minimum absolute atomic E-state index is 0.147. The second-order valence-corrected chi connectivity index (χ2v) is 6.13. The summed E-state index contributed by atoms with van der Waals surface area (Å²) in [6.07, 6.45) is 1.11. The fourth-order valence-corrected chi connectivity index (χ4v) is 3.23. The van der Waals surface area contributed by atoms with Gasteiger partial charge in [0.25, 0.3) is 0 Å². The van der Waals surface area contributed by atoms with Crippen LogP contribution < -0.4 is 5.32 Å². The van der Waals surface area contributed by atoms with Gasteiger partial charge in [0.2, 0.25) is 0 Å². The largest absolute Gasteiger partial charge is 0.459 e. The minimum atomic E-state index is 0.147. The highest BCUT2D eigenvalue weighted by molar-refractivity contribution is 7.10. The summed E-state index contributed by atoms with van der Waals surface area (Å²) >= 11 is 1.79. The molecule has 0 aliphatic rings. The van der Waals surface area contributed by atoms with Gasteiger partial charge < -0.3 is 9.73 Å². The molecular formula is C17H19NOS. The molecule has 3 aromatic rings. The van der Waals surface area contributed by atoms with Crippen molar-refractivity contribution in [1.82, 2.24) is 5.32 Å². The van der Waals surface area contributed by atoms with E-state index in [9.17, 15) is 0 Å². The van der Waals surface area contributed by atoms with E-state index in [2.05, 4.69) is 42.7 Å². The van der Waals surface area contributed by atoms with E-state index in [1.165, 1.54) is 15.8 Å². The van der Waals surface area contributed by atoms with Crippen LogP contribution in [0.15, 0.2) is 46.2 Å². The van der Waals surface area contributed by atoms with Crippen molar-refractivity contribution in [2.24, 2.45) is 0 Å². The number of fused-ring (bicyclic) bond motifs is 1. The first-order valence-corrected chi connectivity index (χ1v) is 7.93. The van der Waals surface area contributed by atoms with Gasteiger partial charge in [-0.3, -0.25) is 0 Å². The van der Waals surface area contributed by atoms with Crippen LogP contribution >= 0.6 is 11.3 Å². The van der Waals surface area contributed by atoms with Gasteiger partial charge in [-0.2, -0.15) is 0 Å². The maximum absolute atomic E-state index is 6.05. The van der Waals surface area contributed by atoms with Gasteiger partial charge in [-0.1, -0.05) is 25.1 Å². The molecule has 1 aromatic carbocycles. The van der Waals surface area contributed by atoms with Crippen molar-refractivity contribution in [3.63, 3.8) is 0 Å². The van der Waals surface area contributed by atoms with Crippen molar-refractivity contribution < 1.29 is 4.42 Å². The molecule has 1 unspecified atom stereocenters. The number of furan rings is 1. The number of hydrogen-bond acceptors (Lipinski definition) is 3. The highest BCUT2D eigenvalue weighted by Gasteiger charge is 2.20. The summed E-state index contributed by atoms with van der Waals surface area (Å²) in [6, 6.07) is 12.7. The molecule has 0 radical (unpaired) electrons. The number of aryl methyl sites for hydroxylation is 1. The van der Waals surface area contributed by atoms with E-state index in [0.717, 1.165) is 24.3 Å². The molecule has 0 saturated carbocycles. The first-order chi connectivity index (χ1) is 9.79. The molecule has 0 fully saturated rings. The van der Waals surface area contributed by atoms with E-state index in [4.69, 9.17) is 4.42 Å². The Bertz CT molecular complexity index is 665. The second kappa shape index (κ2) is 5.81. The lowest BCUT2D eigenvalue weighted by Gasteiger charge is -2.16. The first kappa shape index (κ1) is 13.4.